The highest BCUT2D eigenvalue weighted by Gasteiger charge is 2.71. The van der Waals surface area contributed by atoms with Gasteiger partial charge in [0.1, 0.15) is 5.82 Å². The minimum Gasteiger partial charge on any atom is -0.481 e. The van der Waals surface area contributed by atoms with Crippen LogP contribution in [-0.4, -0.2) is 39.1 Å². The number of carbonyl (C=O) groups is 2. The molecule has 0 heterocycles. The number of halogens is 1. The second kappa shape index (κ2) is 5.55. The molecular formula is C15H15FO5S. The maximum absolute atomic E-state index is 12.9. The fourth-order valence-electron chi connectivity index (χ4n) is 3.65. The van der Waals surface area contributed by atoms with Crippen molar-refractivity contribution in [3.05, 3.63) is 30.1 Å². The average molecular weight is 326 g/mol. The number of benzene rings is 1. The largest absolute Gasteiger partial charge is 0.481 e. The number of carboxylic acids is 2. The van der Waals surface area contributed by atoms with Crippen molar-refractivity contribution in [2.45, 2.75) is 11.0 Å². The molecule has 2 aliphatic rings. The Balaban J connectivity index is 1.70. The number of rotatable bonds is 5. The van der Waals surface area contributed by atoms with Crippen LogP contribution in [0.15, 0.2) is 29.2 Å². The zero-order valence-corrected chi connectivity index (χ0v) is 12.2. The van der Waals surface area contributed by atoms with Gasteiger partial charge in [-0.25, -0.2) is 4.39 Å². The van der Waals surface area contributed by atoms with Crippen LogP contribution in [0.4, 0.5) is 4.39 Å². The maximum atomic E-state index is 12.9. The molecule has 2 fully saturated rings. The third-order valence-corrected chi connectivity index (χ3v) is 5.83. The van der Waals surface area contributed by atoms with Crippen molar-refractivity contribution in [3.63, 3.8) is 0 Å². The van der Waals surface area contributed by atoms with E-state index in [-0.39, 0.29) is 5.82 Å². The standard InChI is InChI=1S/C15H15FO5S/c16-6-1-3-7(4-2-6)22-5-8-9(14(18)19)10-11(13(8)17)12(10)15(20)21/h1-4,8-13,17H,5H2,(H,18,19)(H,20,21). The predicted molar refractivity (Wildman–Crippen MR) is 75.9 cm³/mol. The fraction of sp³-hybridized carbons (Fsp3) is 0.467. The summed E-state index contributed by atoms with van der Waals surface area (Å²) >= 11 is 1.35. The Morgan fingerprint density at radius 2 is 1.64 bits per heavy atom. The van der Waals surface area contributed by atoms with E-state index in [2.05, 4.69) is 0 Å². The Kier molecular flexibility index (Phi) is 3.86. The highest BCUT2D eigenvalue weighted by Crippen LogP contribution is 2.63. The van der Waals surface area contributed by atoms with E-state index in [0.29, 0.717) is 5.75 Å². The second-order valence-corrected chi connectivity index (χ2v) is 6.90. The molecular weight excluding hydrogens is 311 g/mol. The molecule has 0 spiro atoms. The van der Waals surface area contributed by atoms with Crippen LogP contribution in [-0.2, 0) is 9.59 Å². The van der Waals surface area contributed by atoms with Crippen LogP contribution in [0.5, 0.6) is 0 Å². The zero-order valence-electron chi connectivity index (χ0n) is 11.4. The molecule has 22 heavy (non-hydrogen) atoms. The van der Waals surface area contributed by atoms with Crippen LogP contribution in [0.3, 0.4) is 0 Å². The van der Waals surface area contributed by atoms with E-state index < -0.39 is 47.6 Å². The fourth-order valence-corrected chi connectivity index (χ4v) is 4.77. The quantitative estimate of drug-likeness (QED) is 0.711. The number of carboxylic acid groups (broad SMARTS) is 2. The van der Waals surface area contributed by atoms with Gasteiger partial charge in [-0.3, -0.25) is 9.59 Å². The Labute approximate surface area is 130 Å². The van der Waals surface area contributed by atoms with Crippen LogP contribution in [0, 0.1) is 35.4 Å². The van der Waals surface area contributed by atoms with Crippen LogP contribution in [0.2, 0.25) is 0 Å². The Morgan fingerprint density at radius 1 is 1.05 bits per heavy atom. The number of fused-ring (bicyclic) bond motifs is 1. The second-order valence-electron chi connectivity index (χ2n) is 5.80. The first-order valence-corrected chi connectivity index (χ1v) is 7.92. The topological polar surface area (TPSA) is 94.8 Å². The SMILES string of the molecule is O=C(O)C1C(CSc2ccc(F)cc2)C(O)C2C(C(=O)O)C12. The van der Waals surface area contributed by atoms with E-state index >= 15 is 0 Å². The first-order valence-electron chi connectivity index (χ1n) is 6.94. The smallest absolute Gasteiger partial charge is 0.307 e. The highest BCUT2D eigenvalue weighted by molar-refractivity contribution is 7.99. The number of aliphatic hydroxyl groups is 1. The lowest BCUT2D eigenvalue weighted by molar-refractivity contribution is -0.146. The van der Waals surface area contributed by atoms with E-state index in [0.717, 1.165) is 4.90 Å². The predicted octanol–water partition coefficient (Wildman–Crippen LogP) is 1.56. The van der Waals surface area contributed by atoms with Crippen molar-refractivity contribution >= 4 is 23.7 Å². The molecule has 7 heteroatoms. The number of thioether (sulfide) groups is 1. The lowest BCUT2D eigenvalue weighted by atomic mass is 9.88. The van der Waals surface area contributed by atoms with Gasteiger partial charge in [0, 0.05) is 22.5 Å². The molecule has 6 atom stereocenters. The molecule has 118 valence electrons. The average Bonchev–Trinajstić information content (AvgIpc) is 3.12. The van der Waals surface area contributed by atoms with Crippen molar-refractivity contribution in [2.75, 3.05) is 5.75 Å². The van der Waals surface area contributed by atoms with Crippen molar-refractivity contribution < 1.29 is 29.3 Å². The zero-order chi connectivity index (χ0) is 16.0. The van der Waals surface area contributed by atoms with Crippen LogP contribution < -0.4 is 0 Å². The third kappa shape index (κ3) is 2.48. The van der Waals surface area contributed by atoms with Gasteiger partial charge >= 0.3 is 11.9 Å². The number of hydrogen-bond acceptors (Lipinski definition) is 4. The molecule has 0 radical (unpaired) electrons. The van der Waals surface area contributed by atoms with Crippen molar-refractivity contribution in [2.24, 2.45) is 29.6 Å². The molecule has 1 aromatic rings. The van der Waals surface area contributed by atoms with Gasteiger partial charge < -0.3 is 15.3 Å². The normalized spacial score (nSPS) is 35.9. The Bertz CT molecular complexity index is 604. The summed E-state index contributed by atoms with van der Waals surface area (Å²) < 4.78 is 12.9. The van der Waals surface area contributed by atoms with Crippen LogP contribution in [0.1, 0.15) is 0 Å². The summed E-state index contributed by atoms with van der Waals surface area (Å²) in [5.41, 5.74) is 0. The molecule has 0 bridgehead atoms. The first kappa shape index (κ1) is 15.3. The van der Waals surface area contributed by atoms with Gasteiger partial charge in [0.25, 0.3) is 0 Å². The monoisotopic (exact) mass is 326 g/mol. The maximum Gasteiger partial charge on any atom is 0.307 e. The lowest BCUT2D eigenvalue weighted by Gasteiger charge is -2.23. The molecule has 6 unspecified atom stereocenters. The molecule has 1 aromatic carbocycles. The number of aliphatic hydroxyl groups excluding tert-OH is 1. The van der Waals surface area contributed by atoms with Crippen molar-refractivity contribution in [1.82, 2.24) is 0 Å². The summed E-state index contributed by atoms with van der Waals surface area (Å²) in [7, 11) is 0. The summed E-state index contributed by atoms with van der Waals surface area (Å²) in [6, 6.07) is 5.83. The van der Waals surface area contributed by atoms with Gasteiger partial charge in [-0.2, -0.15) is 0 Å². The molecule has 0 aromatic heterocycles. The minimum atomic E-state index is -1.06. The summed E-state index contributed by atoms with van der Waals surface area (Å²) in [5, 5.41) is 28.7. The van der Waals surface area contributed by atoms with Gasteiger partial charge in [0.15, 0.2) is 0 Å². The summed E-state index contributed by atoms with van der Waals surface area (Å²) in [6.07, 6.45) is -0.917. The van der Waals surface area contributed by atoms with E-state index in [1.54, 1.807) is 12.1 Å². The molecule has 2 aliphatic carbocycles. The minimum absolute atomic E-state index is 0.348. The highest BCUT2D eigenvalue weighted by atomic mass is 32.2. The van der Waals surface area contributed by atoms with Gasteiger partial charge in [0.2, 0.25) is 0 Å². The molecule has 5 nitrogen and oxygen atoms in total. The van der Waals surface area contributed by atoms with E-state index in [4.69, 9.17) is 5.11 Å². The van der Waals surface area contributed by atoms with Gasteiger partial charge in [-0.05, 0) is 30.2 Å². The van der Waals surface area contributed by atoms with Gasteiger partial charge in [-0.1, -0.05) is 0 Å². The van der Waals surface area contributed by atoms with Crippen molar-refractivity contribution in [1.29, 1.82) is 0 Å². The molecule has 0 aliphatic heterocycles. The van der Waals surface area contributed by atoms with Crippen LogP contribution in [0.25, 0.3) is 0 Å². The Hall–Kier alpha value is -1.60. The molecule has 3 N–H and O–H groups in total. The first-order chi connectivity index (χ1) is 10.4. The lowest BCUT2D eigenvalue weighted by Crippen LogP contribution is -2.34. The van der Waals surface area contributed by atoms with E-state index in [1.807, 2.05) is 0 Å². The molecule has 0 saturated heterocycles. The molecule has 2 saturated carbocycles. The Morgan fingerprint density at radius 3 is 2.18 bits per heavy atom. The molecule has 0 amide bonds. The van der Waals surface area contributed by atoms with Gasteiger partial charge in [0.05, 0.1) is 17.9 Å². The summed E-state index contributed by atoms with van der Waals surface area (Å²) in [6.45, 7) is 0. The van der Waals surface area contributed by atoms with Crippen molar-refractivity contribution in [3.8, 4) is 0 Å². The van der Waals surface area contributed by atoms with E-state index in [9.17, 15) is 24.2 Å². The third-order valence-electron chi connectivity index (χ3n) is 4.67. The van der Waals surface area contributed by atoms with Crippen LogP contribution >= 0.6 is 11.8 Å². The number of hydrogen-bond donors (Lipinski definition) is 3. The summed E-state index contributed by atoms with van der Waals surface area (Å²) in [5.74, 6) is -5.09. The van der Waals surface area contributed by atoms with Gasteiger partial charge in [-0.15, -0.1) is 11.8 Å². The number of aliphatic carboxylic acids is 2. The molecule has 3 rings (SSSR count). The summed E-state index contributed by atoms with van der Waals surface area (Å²) in [4.78, 5) is 23.3. The van der Waals surface area contributed by atoms with E-state index in [1.165, 1.54) is 23.9 Å².